The summed E-state index contributed by atoms with van der Waals surface area (Å²) in [5.74, 6) is -0.0728. The van der Waals surface area contributed by atoms with Crippen LogP contribution in [0, 0.1) is 5.82 Å². The average Bonchev–Trinajstić information content (AvgIpc) is 3.31. The highest BCUT2D eigenvalue weighted by molar-refractivity contribution is 5.92. The maximum absolute atomic E-state index is 13.3. The molecule has 2 N–H and O–H groups in total. The maximum atomic E-state index is 13.3. The second-order valence-corrected chi connectivity index (χ2v) is 6.98. The molecular formula is C20H24FN5O. The zero-order chi connectivity index (χ0) is 19.4. The molecule has 6 nitrogen and oxygen atoms in total. The highest BCUT2D eigenvalue weighted by atomic mass is 19.1. The van der Waals surface area contributed by atoms with E-state index in [1.165, 1.54) is 12.1 Å². The summed E-state index contributed by atoms with van der Waals surface area (Å²) in [5, 5.41) is 14.2. The summed E-state index contributed by atoms with van der Waals surface area (Å²) in [6.07, 6.45) is 1.53. The van der Waals surface area contributed by atoms with Gasteiger partial charge in [-0.2, -0.15) is 10.2 Å². The lowest BCUT2D eigenvalue weighted by atomic mass is 10.1. The molecule has 0 spiro atoms. The van der Waals surface area contributed by atoms with Crippen molar-refractivity contribution in [2.24, 2.45) is 0 Å². The van der Waals surface area contributed by atoms with Crippen molar-refractivity contribution in [1.82, 2.24) is 25.3 Å². The summed E-state index contributed by atoms with van der Waals surface area (Å²) in [6, 6.07) is 10.1. The van der Waals surface area contributed by atoms with Crippen LogP contribution in [0.3, 0.4) is 0 Å². The van der Waals surface area contributed by atoms with Gasteiger partial charge in [0.25, 0.3) is 5.91 Å². The predicted octanol–water partition coefficient (Wildman–Crippen LogP) is 3.77. The first-order valence-electron chi connectivity index (χ1n) is 9.05. The minimum Gasteiger partial charge on any atom is -0.340 e. The average molecular weight is 369 g/mol. The highest BCUT2D eigenvalue weighted by Crippen LogP contribution is 2.19. The number of carbonyl (C=O) groups is 1. The molecule has 3 aromatic rings. The van der Waals surface area contributed by atoms with Crippen molar-refractivity contribution in [3.8, 4) is 11.3 Å². The van der Waals surface area contributed by atoms with Gasteiger partial charge in [0.05, 0.1) is 5.69 Å². The number of H-pyrrole nitrogens is 2. The standard InChI is InChI=1S/C20H24FN5O/c1-13(2)17-12-19(25-23-17)20(27)26(3)9-5-8-16-11-18(24-22-16)14-6-4-7-15(21)10-14/h4,6-7,10-13H,5,8-9H2,1-3H3,(H,22,24)(H,23,25). The topological polar surface area (TPSA) is 77.7 Å². The zero-order valence-electron chi connectivity index (χ0n) is 15.8. The van der Waals surface area contributed by atoms with Crippen LogP contribution in [0.4, 0.5) is 4.39 Å². The van der Waals surface area contributed by atoms with E-state index >= 15 is 0 Å². The molecule has 0 saturated carbocycles. The normalized spacial score (nSPS) is 11.1. The quantitative estimate of drug-likeness (QED) is 0.665. The number of aryl methyl sites for hydroxylation is 1. The number of halogens is 1. The van der Waals surface area contributed by atoms with Crippen molar-refractivity contribution in [3.63, 3.8) is 0 Å². The van der Waals surface area contributed by atoms with Crippen molar-refractivity contribution in [2.75, 3.05) is 13.6 Å². The Bertz CT molecular complexity index is 915. The number of hydrogen-bond donors (Lipinski definition) is 2. The predicted molar refractivity (Wildman–Crippen MR) is 102 cm³/mol. The molecule has 7 heteroatoms. The molecular weight excluding hydrogens is 345 g/mol. The summed E-state index contributed by atoms with van der Waals surface area (Å²) in [4.78, 5) is 14.1. The van der Waals surface area contributed by atoms with Gasteiger partial charge in [0.2, 0.25) is 0 Å². The van der Waals surface area contributed by atoms with Crippen molar-refractivity contribution in [2.45, 2.75) is 32.6 Å². The van der Waals surface area contributed by atoms with Gasteiger partial charge in [-0.05, 0) is 43.0 Å². The van der Waals surface area contributed by atoms with Crippen LogP contribution in [-0.2, 0) is 6.42 Å². The van der Waals surface area contributed by atoms with Gasteiger partial charge in [-0.15, -0.1) is 0 Å². The second kappa shape index (κ2) is 8.16. The van der Waals surface area contributed by atoms with E-state index in [2.05, 4.69) is 20.4 Å². The summed E-state index contributed by atoms with van der Waals surface area (Å²) < 4.78 is 13.3. The van der Waals surface area contributed by atoms with Crippen LogP contribution in [0.1, 0.15) is 48.1 Å². The lowest BCUT2D eigenvalue weighted by molar-refractivity contribution is 0.0787. The number of benzene rings is 1. The molecule has 3 rings (SSSR count). The van der Waals surface area contributed by atoms with Crippen LogP contribution in [0.25, 0.3) is 11.3 Å². The summed E-state index contributed by atoms with van der Waals surface area (Å²) in [6.45, 7) is 4.71. The Morgan fingerprint density at radius 2 is 2.00 bits per heavy atom. The lowest BCUT2D eigenvalue weighted by Gasteiger charge is -2.15. The largest absolute Gasteiger partial charge is 0.340 e. The smallest absolute Gasteiger partial charge is 0.274 e. The fourth-order valence-electron chi connectivity index (χ4n) is 2.83. The fraction of sp³-hybridized carbons (Fsp3) is 0.350. The fourth-order valence-corrected chi connectivity index (χ4v) is 2.83. The van der Waals surface area contributed by atoms with E-state index in [9.17, 15) is 9.18 Å². The molecule has 0 saturated heterocycles. The molecule has 0 atom stereocenters. The molecule has 142 valence electrons. The third-order valence-electron chi connectivity index (χ3n) is 4.48. The Morgan fingerprint density at radius 3 is 2.70 bits per heavy atom. The molecule has 2 heterocycles. The van der Waals surface area contributed by atoms with Gasteiger partial charge < -0.3 is 4.90 Å². The van der Waals surface area contributed by atoms with Gasteiger partial charge in [-0.1, -0.05) is 26.0 Å². The molecule has 0 aliphatic heterocycles. The number of rotatable bonds is 7. The molecule has 0 aliphatic rings. The van der Waals surface area contributed by atoms with Crippen molar-refractivity contribution in [1.29, 1.82) is 0 Å². The van der Waals surface area contributed by atoms with Crippen molar-refractivity contribution in [3.05, 3.63) is 59.3 Å². The summed E-state index contributed by atoms with van der Waals surface area (Å²) >= 11 is 0. The summed E-state index contributed by atoms with van der Waals surface area (Å²) in [5.41, 5.74) is 3.80. The Labute approximate surface area is 157 Å². The number of aromatic amines is 2. The third kappa shape index (κ3) is 4.61. The minimum absolute atomic E-state index is 0.0942. The number of nitrogens with one attached hydrogen (secondary N) is 2. The first-order valence-corrected chi connectivity index (χ1v) is 9.05. The minimum atomic E-state index is -0.281. The number of nitrogens with zero attached hydrogens (tertiary/aromatic N) is 3. The summed E-state index contributed by atoms with van der Waals surface area (Å²) in [7, 11) is 1.77. The molecule has 27 heavy (non-hydrogen) atoms. The van der Waals surface area contributed by atoms with E-state index < -0.39 is 0 Å². The molecule has 0 fully saturated rings. The van der Waals surface area contributed by atoms with Gasteiger partial charge in [0, 0.05) is 30.5 Å². The van der Waals surface area contributed by atoms with E-state index in [0.717, 1.165) is 29.8 Å². The molecule has 0 bridgehead atoms. The first kappa shape index (κ1) is 18.8. The van der Waals surface area contributed by atoms with E-state index in [1.54, 1.807) is 18.0 Å². The highest BCUT2D eigenvalue weighted by Gasteiger charge is 2.16. The van der Waals surface area contributed by atoms with Crippen LogP contribution in [0.15, 0.2) is 36.4 Å². The van der Waals surface area contributed by atoms with E-state index in [1.807, 2.05) is 32.0 Å². The van der Waals surface area contributed by atoms with Crippen LogP contribution in [0.5, 0.6) is 0 Å². The van der Waals surface area contributed by atoms with Crippen molar-refractivity contribution >= 4 is 5.91 Å². The van der Waals surface area contributed by atoms with E-state index in [4.69, 9.17) is 0 Å². The molecule has 1 amide bonds. The zero-order valence-corrected chi connectivity index (χ0v) is 15.8. The molecule has 0 aliphatic carbocycles. The molecule has 1 aromatic carbocycles. The number of amides is 1. The SMILES string of the molecule is CC(C)c1cc(C(=O)N(C)CCCc2cc(-c3cccc(F)c3)n[nH]2)n[nH]1. The second-order valence-electron chi connectivity index (χ2n) is 6.98. The van der Waals surface area contributed by atoms with E-state index in [-0.39, 0.29) is 11.7 Å². The first-order chi connectivity index (χ1) is 12.9. The van der Waals surface area contributed by atoms with Crippen LogP contribution in [0.2, 0.25) is 0 Å². The maximum Gasteiger partial charge on any atom is 0.274 e. The molecule has 0 radical (unpaired) electrons. The third-order valence-corrected chi connectivity index (χ3v) is 4.48. The van der Waals surface area contributed by atoms with Gasteiger partial charge in [-0.3, -0.25) is 15.0 Å². The van der Waals surface area contributed by atoms with E-state index in [0.29, 0.717) is 23.9 Å². The van der Waals surface area contributed by atoms with Crippen LogP contribution in [-0.4, -0.2) is 44.8 Å². The lowest BCUT2D eigenvalue weighted by Crippen LogP contribution is -2.28. The number of aromatic nitrogens is 4. The Morgan fingerprint density at radius 1 is 1.19 bits per heavy atom. The monoisotopic (exact) mass is 369 g/mol. The van der Waals surface area contributed by atoms with Gasteiger partial charge in [-0.25, -0.2) is 4.39 Å². The Kier molecular flexibility index (Phi) is 5.69. The number of hydrogen-bond acceptors (Lipinski definition) is 3. The van der Waals surface area contributed by atoms with Gasteiger partial charge in [0.1, 0.15) is 11.5 Å². The molecule has 2 aromatic heterocycles. The molecule has 0 unspecified atom stereocenters. The van der Waals surface area contributed by atoms with Crippen LogP contribution >= 0.6 is 0 Å². The van der Waals surface area contributed by atoms with Gasteiger partial charge >= 0.3 is 0 Å². The number of carbonyl (C=O) groups excluding carboxylic acids is 1. The Balaban J connectivity index is 1.52. The van der Waals surface area contributed by atoms with Crippen molar-refractivity contribution < 1.29 is 9.18 Å². The Hall–Kier alpha value is -2.96. The van der Waals surface area contributed by atoms with Gasteiger partial charge in [0.15, 0.2) is 0 Å². The van der Waals surface area contributed by atoms with Crippen LogP contribution < -0.4 is 0 Å².